The number of anilines is 1. The van der Waals surface area contributed by atoms with E-state index in [0.29, 0.717) is 5.69 Å². The number of hydrogen-bond donors (Lipinski definition) is 4. The largest absolute Gasteiger partial charge is 0.480 e. The summed E-state index contributed by atoms with van der Waals surface area (Å²) in [5.41, 5.74) is 1.64. The van der Waals surface area contributed by atoms with Gasteiger partial charge >= 0.3 is 12.0 Å². The first-order valence-electron chi connectivity index (χ1n) is 5.51. The van der Waals surface area contributed by atoms with Crippen LogP contribution in [0.1, 0.15) is 12.0 Å². The van der Waals surface area contributed by atoms with Gasteiger partial charge in [-0.05, 0) is 19.1 Å². The van der Waals surface area contributed by atoms with Crippen LogP contribution in [0.25, 0.3) is 0 Å². The summed E-state index contributed by atoms with van der Waals surface area (Å²) in [7, 11) is 0. The van der Waals surface area contributed by atoms with Crippen LogP contribution in [0.15, 0.2) is 24.3 Å². The molecule has 1 rings (SSSR count). The molecule has 0 aliphatic carbocycles. The van der Waals surface area contributed by atoms with E-state index in [2.05, 4.69) is 10.6 Å². The number of benzene rings is 1. The van der Waals surface area contributed by atoms with Crippen molar-refractivity contribution < 1.29 is 19.8 Å². The topological polar surface area (TPSA) is 98.7 Å². The molecule has 0 aliphatic rings. The van der Waals surface area contributed by atoms with Gasteiger partial charge in [-0.2, -0.15) is 0 Å². The van der Waals surface area contributed by atoms with Gasteiger partial charge < -0.3 is 20.8 Å². The Labute approximate surface area is 105 Å². The third-order valence-electron chi connectivity index (χ3n) is 2.33. The molecule has 0 aromatic heterocycles. The fourth-order valence-electron chi connectivity index (χ4n) is 1.35. The average Bonchev–Trinajstić information content (AvgIpc) is 2.31. The van der Waals surface area contributed by atoms with Gasteiger partial charge in [-0.15, -0.1) is 0 Å². The highest BCUT2D eigenvalue weighted by Crippen LogP contribution is 2.08. The second kappa shape index (κ2) is 6.61. The zero-order valence-electron chi connectivity index (χ0n) is 10.0. The van der Waals surface area contributed by atoms with Gasteiger partial charge in [0.25, 0.3) is 0 Å². The monoisotopic (exact) mass is 252 g/mol. The molecule has 1 atom stereocenters. The molecule has 0 heterocycles. The first kappa shape index (κ1) is 14.0. The van der Waals surface area contributed by atoms with Crippen LogP contribution in [-0.2, 0) is 4.79 Å². The summed E-state index contributed by atoms with van der Waals surface area (Å²) < 4.78 is 0. The van der Waals surface area contributed by atoms with Crippen molar-refractivity contribution in [3.05, 3.63) is 29.8 Å². The Morgan fingerprint density at radius 1 is 1.28 bits per heavy atom. The standard InChI is InChI=1S/C12H16N2O4/c1-8-2-4-9(5-3-8)13-12(18)14-10(6-7-15)11(16)17/h2-5,10,15H,6-7H2,1H3,(H,16,17)(H2,13,14,18). The molecule has 98 valence electrons. The summed E-state index contributed by atoms with van der Waals surface area (Å²) in [6.45, 7) is 1.62. The molecule has 0 saturated carbocycles. The molecule has 0 fully saturated rings. The molecule has 0 radical (unpaired) electrons. The van der Waals surface area contributed by atoms with Crippen LogP contribution in [0, 0.1) is 6.92 Å². The van der Waals surface area contributed by atoms with E-state index < -0.39 is 18.0 Å². The lowest BCUT2D eigenvalue weighted by molar-refractivity contribution is -0.139. The van der Waals surface area contributed by atoms with Gasteiger partial charge in [-0.1, -0.05) is 17.7 Å². The zero-order chi connectivity index (χ0) is 13.5. The summed E-state index contributed by atoms with van der Waals surface area (Å²) in [6.07, 6.45) is -0.0311. The van der Waals surface area contributed by atoms with Crippen LogP contribution in [0.3, 0.4) is 0 Å². The minimum Gasteiger partial charge on any atom is -0.480 e. The Kier molecular flexibility index (Phi) is 5.13. The molecule has 1 aromatic rings. The third kappa shape index (κ3) is 4.42. The van der Waals surface area contributed by atoms with Crippen LogP contribution in [-0.4, -0.2) is 34.9 Å². The van der Waals surface area contributed by atoms with Gasteiger partial charge in [0.05, 0.1) is 0 Å². The van der Waals surface area contributed by atoms with Crippen LogP contribution in [0.5, 0.6) is 0 Å². The fraction of sp³-hybridized carbons (Fsp3) is 0.333. The minimum atomic E-state index is -1.18. The summed E-state index contributed by atoms with van der Waals surface area (Å²) in [5, 5.41) is 22.3. The highest BCUT2D eigenvalue weighted by Gasteiger charge is 2.18. The van der Waals surface area contributed by atoms with Gasteiger partial charge in [0.15, 0.2) is 0 Å². The van der Waals surface area contributed by atoms with E-state index >= 15 is 0 Å². The normalized spacial score (nSPS) is 11.7. The number of rotatable bonds is 5. The molecule has 0 bridgehead atoms. The van der Waals surface area contributed by atoms with E-state index in [9.17, 15) is 9.59 Å². The first-order valence-corrected chi connectivity index (χ1v) is 5.51. The number of carboxylic acids is 1. The zero-order valence-corrected chi connectivity index (χ0v) is 10.0. The second-order valence-corrected chi connectivity index (χ2v) is 3.87. The van der Waals surface area contributed by atoms with Crippen molar-refractivity contribution in [3.8, 4) is 0 Å². The lowest BCUT2D eigenvalue weighted by Gasteiger charge is -2.14. The summed E-state index contributed by atoms with van der Waals surface area (Å²) in [5.74, 6) is -1.18. The number of carbonyl (C=O) groups excluding carboxylic acids is 1. The van der Waals surface area contributed by atoms with E-state index in [1.165, 1.54) is 0 Å². The quantitative estimate of drug-likeness (QED) is 0.627. The van der Waals surface area contributed by atoms with Crippen LogP contribution >= 0.6 is 0 Å². The van der Waals surface area contributed by atoms with Crippen LogP contribution in [0.2, 0.25) is 0 Å². The molecule has 0 saturated heterocycles. The van der Waals surface area contributed by atoms with E-state index in [0.717, 1.165) is 5.56 Å². The average molecular weight is 252 g/mol. The van der Waals surface area contributed by atoms with Crippen LogP contribution in [0.4, 0.5) is 10.5 Å². The van der Waals surface area contributed by atoms with Crippen molar-refractivity contribution in [1.82, 2.24) is 5.32 Å². The van der Waals surface area contributed by atoms with Gasteiger partial charge in [-0.25, -0.2) is 9.59 Å². The fourth-order valence-corrected chi connectivity index (χ4v) is 1.35. The molecule has 4 N–H and O–H groups in total. The lowest BCUT2D eigenvalue weighted by Crippen LogP contribution is -2.43. The number of aliphatic hydroxyl groups excluding tert-OH is 1. The van der Waals surface area contributed by atoms with Crippen molar-refractivity contribution in [3.63, 3.8) is 0 Å². The molecule has 6 heteroatoms. The smallest absolute Gasteiger partial charge is 0.326 e. The predicted octanol–water partition coefficient (Wildman–Crippen LogP) is 0.952. The Morgan fingerprint density at radius 3 is 2.39 bits per heavy atom. The Bertz CT molecular complexity index is 417. The molecule has 0 aliphatic heterocycles. The molecular formula is C12H16N2O4. The summed E-state index contributed by atoms with van der Waals surface area (Å²) in [4.78, 5) is 22.3. The number of aliphatic carboxylic acids is 1. The molecule has 1 unspecified atom stereocenters. The minimum absolute atomic E-state index is 0.0311. The number of carbonyl (C=O) groups is 2. The molecule has 1 aromatic carbocycles. The van der Waals surface area contributed by atoms with E-state index in [1.807, 2.05) is 19.1 Å². The maximum absolute atomic E-state index is 11.5. The van der Waals surface area contributed by atoms with E-state index in [-0.39, 0.29) is 13.0 Å². The van der Waals surface area contributed by atoms with Crippen LogP contribution < -0.4 is 10.6 Å². The SMILES string of the molecule is Cc1ccc(NC(=O)NC(CCO)C(=O)O)cc1. The Hall–Kier alpha value is -2.08. The number of amides is 2. The van der Waals surface area contributed by atoms with Gasteiger partial charge in [0.1, 0.15) is 6.04 Å². The summed E-state index contributed by atoms with van der Waals surface area (Å²) >= 11 is 0. The maximum Gasteiger partial charge on any atom is 0.326 e. The Morgan fingerprint density at radius 2 is 1.89 bits per heavy atom. The maximum atomic E-state index is 11.5. The lowest BCUT2D eigenvalue weighted by atomic mass is 10.2. The molecule has 2 amide bonds. The molecule has 18 heavy (non-hydrogen) atoms. The summed E-state index contributed by atoms with van der Waals surface area (Å²) in [6, 6.07) is 5.39. The molecule has 6 nitrogen and oxygen atoms in total. The van der Waals surface area contributed by atoms with Crippen molar-refractivity contribution >= 4 is 17.7 Å². The first-order chi connectivity index (χ1) is 8.52. The second-order valence-electron chi connectivity index (χ2n) is 3.87. The Balaban J connectivity index is 2.54. The molecule has 0 spiro atoms. The third-order valence-corrected chi connectivity index (χ3v) is 2.33. The van der Waals surface area contributed by atoms with Crippen molar-refractivity contribution in [2.75, 3.05) is 11.9 Å². The number of nitrogens with one attached hydrogen (secondary N) is 2. The molecular weight excluding hydrogens is 236 g/mol. The number of aryl methyl sites for hydroxylation is 1. The van der Waals surface area contributed by atoms with Gasteiger partial charge in [0, 0.05) is 18.7 Å². The van der Waals surface area contributed by atoms with Crippen molar-refractivity contribution in [2.45, 2.75) is 19.4 Å². The highest BCUT2D eigenvalue weighted by atomic mass is 16.4. The van der Waals surface area contributed by atoms with Crippen molar-refractivity contribution in [2.24, 2.45) is 0 Å². The van der Waals surface area contributed by atoms with Crippen molar-refractivity contribution in [1.29, 1.82) is 0 Å². The van der Waals surface area contributed by atoms with E-state index in [1.54, 1.807) is 12.1 Å². The van der Waals surface area contributed by atoms with Gasteiger partial charge in [-0.3, -0.25) is 0 Å². The number of hydrogen-bond acceptors (Lipinski definition) is 3. The number of aliphatic hydroxyl groups is 1. The highest BCUT2D eigenvalue weighted by molar-refractivity contribution is 5.92. The van der Waals surface area contributed by atoms with E-state index in [4.69, 9.17) is 10.2 Å². The number of urea groups is 1. The number of carboxylic acid groups (broad SMARTS) is 1. The van der Waals surface area contributed by atoms with Gasteiger partial charge in [0.2, 0.25) is 0 Å². The predicted molar refractivity (Wildman–Crippen MR) is 66.5 cm³/mol.